The second-order valence-electron chi connectivity index (χ2n) is 11.0. The third-order valence-corrected chi connectivity index (χ3v) is 8.53. The monoisotopic (exact) mass is 531 g/mol. The third-order valence-electron chi connectivity index (χ3n) is 8.53. The number of piperazine rings is 1. The van der Waals surface area contributed by atoms with E-state index in [1.165, 1.54) is 18.1 Å². The summed E-state index contributed by atoms with van der Waals surface area (Å²) in [5.74, 6) is 0.815. The summed E-state index contributed by atoms with van der Waals surface area (Å²) in [6.45, 7) is 11.9. The lowest BCUT2D eigenvalue weighted by Gasteiger charge is -2.41. The van der Waals surface area contributed by atoms with Crippen LogP contribution in [0.5, 0.6) is 6.01 Å². The number of aromatic nitrogens is 4. The molecule has 3 atom stereocenters. The fraction of sp³-hybridized carbons (Fsp3) is 0.517. The van der Waals surface area contributed by atoms with Crippen LogP contribution in [-0.4, -0.2) is 87.8 Å². The number of hydrogen-bond acceptors (Lipinski definition) is 8. The summed E-state index contributed by atoms with van der Waals surface area (Å²) in [6, 6.07) is 5.04. The number of likely N-dealkylation sites (tertiary alicyclic amines) is 1. The number of nitrogens with zero attached hydrogens (tertiary/aromatic N) is 6. The zero-order chi connectivity index (χ0) is 27.1. The molecule has 6 rings (SSSR count). The van der Waals surface area contributed by atoms with E-state index in [9.17, 15) is 4.79 Å². The topological polar surface area (TPSA) is 99.7 Å². The van der Waals surface area contributed by atoms with Crippen LogP contribution >= 0.6 is 0 Å². The molecule has 1 aromatic carbocycles. The van der Waals surface area contributed by atoms with Crippen molar-refractivity contribution in [2.75, 3.05) is 44.7 Å². The first-order chi connectivity index (χ1) is 18.9. The van der Waals surface area contributed by atoms with E-state index < -0.39 is 0 Å². The number of aryl methyl sites for hydroxylation is 1. The first kappa shape index (κ1) is 25.8. The molecule has 1 N–H and O–H groups in total. The van der Waals surface area contributed by atoms with Gasteiger partial charge in [-0.15, -0.1) is 0 Å². The van der Waals surface area contributed by atoms with E-state index in [1.807, 2.05) is 11.1 Å². The highest BCUT2D eigenvalue weighted by Gasteiger charge is 2.34. The van der Waals surface area contributed by atoms with Gasteiger partial charge in [-0.1, -0.05) is 12.6 Å². The number of likely N-dealkylation sites (N-methyl/N-ethyl adjacent to an activating group) is 1. The van der Waals surface area contributed by atoms with Crippen LogP contribution in [0.3, 0.4) is 0 Å². The fourth-order valence-corrected chi connectivity index (χ4v) is 6.26. The van der Waals surface area contributed by atoms with Crippen molar-refractivity contribution in [3.8, 4) is 6.01 Å². The summed E-state index contributed by atoms with van der Waals surface area (Å²) in [4.78, 5) is 28.6. The van der Waals surface area contributed by atoms with E-state index in [0.717, 1.165) is 46.5 Å². The molecule has 0 radical (unpaired) electrons. The third kappa shape index (κ3) is 4.87. The average Bonchev–Trinajstić information content (AvgIpc) is 3.59. The molecule has 39 heavy (non-hydrogen) atoms. The highest BCUT2D eigenvalue weighted by Crippen LogP contribution is 2.39. The molecule has 0 saturated carbocycles. The lowest BCUT2D eigenvalue weighted by Crippen LogP contribution is -2.54. The van der Waals surface area contributed by atoms with Crippen LogP contribution in [0.15, 0.2) is 31.0 Å². The van der Waals surface area contributed by atoms with Crippen molar-refractivity contribution in [1.29, 1.82) is 0 Å². The van der Waals surface area contributed by atoms with Crippen molar-refractivity contribution in [3.05, 3.63) is 53.4 Å². The molecule has 206 valence electrons. The molecule has 2 aromatic heterocycles. The number of carbonyl (C=O) groups is 1. The van der Waals surface area contributed by atoms with Crippen LogP contribution in [0, 0.1) is 6.92 Å². The Bertz CT molecular complexity index is 1390. The van der Waals surface area contributed by atoms with Gasteiger partial charge in [0, 0.05) is 49.1 Å². The summed E-state index contributed by atoms with van der Waals surface area (Å²) < 4.78 is 12.8. The molecule has 2 saturated heterocycles. The summed E-state index contributed by atoms with van der Waals surface area (Å²) in [6.07, 6.45) is 6.05. The molecule has 2 fully saturated rings. The number of aromatic amines is 1. The highest BCUT2D eigenvalue weighted by molar-refractivity contribution is 5.87. The molecular weight excluding hydrogens is 494 g/mol. The first-order valence-corrected chi connectivity index (χ1v) is 13.9. The van der Waals surface area contributed by atoms with Crippen molar-refractivity contribution in [1.82, 2.24) is 30.0 Å². The molecule has 0 bridgehead atoms. The molecule has 1 amide bonds. The van der Waals surface area contributed by atoms with E-state index in [1.54, 1.807) is 0 Å². The van der Waals surface area contributed by atoms with Gasteiger partial charge in [-0.25, -0.2) is 0 Å². The van der Waals surface area contributed by atoms with Gasteiger partial charge < -0.3 is 24.2 Å². The summed E-state index contributed by atoms with van der Waals surface area (Å²) >= 11 is 0. The molecule has 5 heterocycles. The number of carbonyl (C=O) groups excluding carboxylic acids is 1. The largest absolute Gasteiger partial charge is 0.462 e. The van der Waals surface area contributed by atoms with Crippen molar-refractivity contribution < 1.29 is 14.3 Å². The Morgan fingerprint density at radius 3 is 2.92 bits per heavy atom. The van der Waals surface area contributed by atoms with Gasteiger partial charge in [-0.2, -0.15) is 15.1 Å². The smallest absolute Gasteiger partial charge is 0.318 e. The maximum atomic E-state index is 12.3. The summed E-state index contributed by atoms with van der Waals surface area (Å²) in [7, 11) is 2.15. The van der Waals surface area contributed by atoms with Crippen LogP contribution in [0.2, 0.25) is 0 Å². The Kier molecular flexibility index (Phi) is 6.99. The van der Waals surface area contributed by atoms with Gasteiger partial charge in [0.15, 0.2) is 0 Å². The normalized spacial score (nSPS) is 23.7. The second kappa shape index (κ2) is 10.6. The SMILES string of the molecule is C=CC(=O)N1CCN(c2nc(OCC3CCCN3C)nc3c2COC(c2c(C)ccc4[nH]ncc24)C3)[C@@H](C)C1. The number of amides is 1. The zero-order valence-electron chi connectivity index (χ0n) is 23.0. The minimum Gasteiger partial charge on any atom is -0.462 e. The Morgan fingerprint density at radius 1 is 1.28 bits per heavy atom. The Morgan fingerprint density at radius 2 is 2.15 bits per heavy atom. The number of benzene rings is 1. The lowest BCUT2D eigenvalue weighted by atomic mass is 9.93. The van der Waals surface area contributed by atoms with Crippen LogP contribution in [0.4, 0.5) is 5.82 Å². The average molecular weight is 532 g/mol. The Hall–Kier alpha value is -3.50. The maximum absolute atomic E-state index is 12.3. The number of fused-ring (bicyclic) bond motifs is 2. The van der Waals surface area contributed by atoms with Crippen molar-refractivity contribution in [3.63, 3.8) is 0 Å². The van der Waals surface area contributed by atoms with E-state index >= 15 is 0 Å². The first-order valence-electron chi connectivity index (χ1n) is 13.9. The van der Waals surface area contributed by atoms with Crippen LogP contribution in [0.25, 0.3) is 10.9 Å². The molecule has 0 aliphatic carbocycles. The van der Waals surface area contributed by atoms with Gasteiger partial charge in [0.2, 0.25) is 5.91 Å². The van der Waals surface area contributed by atoms with Crippen molar-refractivity contribution >= 4 is 22.6 Å². The van der Waals surface area contributed by atoms with Gasteiger partial charge >= 0.3 is 6.01 Å². The fourth-order valence-electron chi connectivity index (χ4n) is 6.26. The Labute approximate surface area is 229 Å². The van der Waals surface area contributed by atoms with E-state index in [2.05, 4.69) is 59.6 Å². The number of nitrogens with one attached hydrogen (secondary N) is 1. The van der Waals surface area contributed by atoms with Crippen LogP contribution in [-0.2, 0) is 22.6 Å². The lowest BCUT2D eigenvalue weighted by molar-refractivity contribution is -0.126. The van der Waals surface area contributed by atoms with Gasteiger partial charge in [0.05, 0.1) is 30.1 Å². The Balaban J connectivity index is 1.33. The quantitative estimate of drug-likeness (QED) is 0.485. The highest BCUT2D eigenvalue weighted by atomic mass is 16.5. The summed E-state index contributed by atoms with van der Waals surface area (Å²) in [5.41, 5.74) is 5.28. The molecule has 3 aromatic rings. The number of rotatable bonds is 6. The molecule has 10 heteroatoms. The molecule has 2 unspecified atom stereocenters. The van der Waals surface area contributed by atoms with E-state index in [-0.39, 0.29) is 18.1 Å². The molecule has 0 spiro atoms. The zero-order valence-corrected chi connectivity index (χ0v) is 23.0. The van der Waals surface area contributed by atoms with Gasteiger partial charge in [0.1, 0.15) is 12.4 Å². The molecular formula is C29H37N7O3. The maximum Gasteiger partial charge on any atom is 0.318 e. The number of ether oxygens (including phenoxy) is 2. The summed E-state index contributed by atoms with van der Waals surface area (Å²) in [5, 5.41) is 8.42. The van der Waals surface area contributed by atoms with Gasteiger partial charge in [-0.3, -0.25) is 9.89 Å². The van der Waals surface area contributed by atoms with Crippen LogP contribution < -0.4 is 9.64 Å². The molecule has 10 nitrogen and oxygen atoms in total. The second-order valence-corrected chi connectivity index (χ2v) is 11.0. The van der Waals surface area contributed by atoms with Crippen LogP contribution in [0.1, 0.15) is 48.3 Å². The molecule has 3 aliphatic heterocycles. The van der Waals surface area contributed by atoms with E-state index in [0.29, 0.717) is 51.3 Å². The van der Waals surface area contributed by atoms with E-state index in [4.69, 9.17) is 19.4 Å². The number of H-pyrrole nitrogens is 1. The van der Waals surface area contributed by atoms with Gasteiger partial charge in [-0.05, 0) is 63.6 Å². The molecule has 3 aliphatic rings. The standard InChI is InChI=1S/C29H37N7O3/c1-5-26(37)35-11-12-36(19(3)15-35)28-22-17-38-25(27-18(2)8-9-23-21(27)14-30-33-23)13-24(22)31-29(32-28)39-16-20-7-6-10-34(20)4/h5,8-9,14,19-20,25H,1,6-7,10-13,15-17H2,2-4H3,(H,30,33)/t19-,20?,25?/m0/s1. The van der Waals surface area contributed by atoms with Crippen molar-refractivity contribution in [2.45, 2.75) is 57.9 Å². The number of hydrogen-bond donors (Lipinski definition) is 1. The predicted octanol–water partition coefficient (Wildman–Crippen LogP) is 3.17. The predicted molar refractivity (Wildman–Crippen MR) is 149 cm³/mol. The number of anilines is 1. The van der Waals surface area contributed by atoms with Crippen molar-refractivity contribution in [2.24, 2.45) is 0 Å². The minimum atomic E-state index is -0.144. The minimum absolute atomic E-state index is 0.0362. The van der Waals surface area contributed by atoms with Gasteiger partial charge in [0.25, 0.3) is 0 Å².